The second kappa shape index (κ2) is 8.59. The Hall–Kier alpha value is -1.00. The van der Waals surface area contributed by atoms with Gasteiger partial charge in [-0.2, -0.15) is 0 Å². The number of carbonyl (C=O) groups is 1. The van der Waals surface area contributed by atoms with Gasteiger partial charge >= 0.3 is 0 Å². The van der Waals surface area contributed by atoms with Gasteiger partial charge in [0.2, 0.25) is 5.91 Å². The van der Waals surface area contributed by atoms with Crippen molar-refractivity contribution < 1.29 is 4.79 Å². The molecule has 4 heteroatoms. The van der Waals surface area contributed by atoms with Gasteiger partial charge in [-0.15, -0.1) is 11.8 Å². The minimum absolute atomic E-state index is 0.00318. The van der Waals surface area contributed by atoms with E-state index in [9.17, 15) is 4.79 Å². The lowest BCUT2D eigenvalue weighted by Crippen LogP contribution is -2.42. The van der Waals surface area contributed by atoms with Crippen molar-refractivity contribution >= 4 is 17.7 Å². The van der Waals surface area contributed by atoms with Gasteiger partial charge in [0.25, 0.3) is 0 Å². The Morgan fingerprint density at radius 2 is 1.95 bits per heavy atom. The summed E-state index contributed by atoms with van der Waals surface area (Å²) in [6.45, 7) is 7.04. The van der Waals surface area contributed by atoms with Crippen LogP contribution in [0.1, 0.15) is 31.7 Å². The molecule has 0 aromatic heterocycles. The first-order valence-electron chi connectivity index (χ1n) is 8.27. The van der Waals surface area contributed by atoms with E-state index in [1.165, 1.54) is 16.9 Å². The van der Waals surface area contributed by atoms with Crippen molar-refractivity contribution in [3.63, 3.8) is 0 Å². The van der Waals surface area contributed by atoms with E-state index in [4.69, 9.17) is 0 Å². The number of hydrogen-bond acceptors (Lipinski definition) is 3. The number of benzene rings is 1. The first kappa shape index (κ1) is 17.4. The number of likely N-dealkylation sites (tertiary alicyclic amines) is 1. The average molecular weight is 321 g/mol. The van der Waals surface area contributed by atoms with Gasteiger partial charge in [-0.25, -0.2) is 0 Å². The zero-order chi connectivity index (χ0) is 15.9. The molecule has 3 nitrogen and oxygen atoms in total. The summed E-state index contributed by atoms with van der Waals surface area (Å²) < 4.78 is 0. The second-order valence-corrected chi connectivity index (χ2v) is 7.65. The number of aryl methyl sites for hydroxylation is 1. The van der Waals surface area contributed by atoms with Gasteiger partial charge in [-0.3, -0.25) is 4.79 Å². The van der Waals surface area contributed by atoms with Crippen LogP contribution in [0.5, 0.6) is 0 Å². The summed E-state index contributed by atoms with van der Waals surface area (Å²) >= 11 is 1.67. The maximum absolute atomic E-state index is 12.6. The maximum atomic E-state index is 12.6. The van der Waals surface area contributed by atoms with Crippen molar-refractivity contribution in [1.29, 1.82) is 0 Å². The van der Waals surface area contributed by atoms with E-state index >= 15 is 0 Å². The highest BCUT2D eigenvalue weighted by molar-refractivity contribution is 8.00. The van der Waals surface area contributed by atoms with Crippen LogP contribution in [0.25, 0.3) is 0 Å². The third-order valence-electron chi connectivity index (χ3n) is 4.41. The fourth-order valence-electron chi connectivity index (χ4n) is 2.92. The average Bonchev–Trinajstić information content (AvgIpc) is 2.55. The Morgan fingerprint density at radius 1 is 1.32 bits per heavy atom. The number of piperidine rings is 1. The molecule has 1 fully saturated rings. The van der Waals surface area contributed by atoms with E-state index in [-0.39, 0.29) is 11.2 Å². The molecule has 0 bridgehead atoms. The number of amides is 1. The monoisotopic (exact) mass is 320 g/mol. The smallest absolute Gasteiger partial charge is 0.235 e. The van der Waals surface area contributed by atoms with Crippen LogP contribution < -0.4 is 5.32 Å². The van der Waals surface area contributed by atoms with Gasteiger partial charge in [0, 0.05) is 18.0 Å². The first-order valence-corrected chi connectivity index (χ1v) is 9.15. The van der Waals surface area contributed by atoms with E-state index < -0.39 is 0 Å². The highest BCUT2D eigenvalue weighted by Crippen LogP contribution is 2.27. The molecule has 1 aliphatic rings. The number of thioether (sulfide) groups is 1. The van der Waals surface area contributed by atoms with E-state index in [1.807, 2.05) is 14.0 Å². The molecule has 22 heavy (non-hydrogen) atoms. The van der Waals surface area contributed by atoms with E-state index in [0.29, 0.717) is 0 Å². The predicted molar refractivity (Wildman–Crippen MR) is 94.3 cm³/mol. The van der Waals surface area contributed by atoms with Crippen LogP contribution >= 0.6 is 11.8 Å². The highest BCUT2D eigenvalue weighted by Gasteiger charge is 2.26. The number of hydrogen-bond donors (Lipinski definition) is 1. The molecule has 2 rings (SSSR count). The minimum atomic E-state index is -0.00318. The highest BCUT2D eigenvalue weighted by atomic mass is 32.2. The molecule has 1 saturated heterocycles. The van der Waals surface area contributed by atoms with Crippen LogP contribution in [0.15, 0.2) is 29.2 Å². The van der Waals surface area contributed by atoms with Crippen molar-refractivity contribution in [2.75, 3.05) is 26.7 Å². The SMILES string of the molecule is CNCCC1CCN(C(=O)C(C)Sc2ccc(C)cc2)CC1. The van der Waals surface area contributed by atoms with Crippen molar-refractivity contribution in [3.8, 4) is 0 Å². The Balaban J connectivity index is 1.80. The fraction of sp³-hybridized carbons (Fsp3) is 0.611. The first-order chi connectivity index (χ1) is 10.6. The normalized spacial score (nSPS) is 17.5. The Labute approximate surface area is 138 Å². The largest absolute Gasteiger partial charge is 0.342 e. The van der Waals surface area contributed by atoms with Crippen molar-refractivity contribution in [2.45, 2.75) is 43.3 Å². The van der Waals surface area contributed by atoms with Crippen LogP contribution in [0, 0.1) is 12.8 Å². The molecule has 1 atom stereocenters. The Bertz CT molecular complexity index is 466. The number of nitrogens with zero attached hydrogens (tertiary/aromatic N) is 1. The molecule has 0 saturated carbocycles. The number of rotatable bonds is 6. The lowest BCUT2D eigenvalue weighted by molar-refractivity contribution is -0.131. The Kier molecular flexibility index (Phi) is 6.77. The van der Waals surface area contributed by atoms with Gasteiger partial charge in [0.15, 0.2) is 0 Å². The summed E-state index contributed by atoms with van der Waals surface area (Å²) in [6, 6.07) is 8.42. The third kappa shape index (κ3) is 5.03. The summed E-state index contributed by atoms with van der Waals surface area (Å²) in [7, 11) is 2.00. The lowest BCUT2D eigenvalue weighted by Gasteiger charge is -2.33. The van der Waals surface area contributed by atoms with E-state index in [1.54, 1.807) is 11.8 Å². The van der Waals surface area contributed by atoms with Gasteiger partial charge in [0.1, 0.15) is 0 Å². The van der Waals surface area contributed by atoms with Crippen LogP contribution in [0.2, 0.25) is 0 Å². The zero-order valence-electron chi connectivity index (χ0n) is 14.0. The molecule has 1 heterocycles. The van der Waals surface area contributed by atoms with Gasteiger partial charge in [0.05, 0.1) is 5.25 Å². The van der Waals surface area contributed by atoms with Gasteiger partial charge in [-0.05, 0) is 64.8 Å². The molecule has 122 valence electrons. The summed E-state index contributed by atoms with van der Waals surface area (Å²) in [4.78, 5) is 15.8. The molecule has 1 aliphatic heterocycles. The predicted octanol–water partition coefficient (Wildman–Crippen LogP) is 3.32. The van der Waals surface area contributed by atoms with E-state index in [0.717, 1.165) is 38.4 Å². The summed E-state index contributed by atoms with van der Waals surface area (Å²) in [5.41, 5.74) is 1.26. The van der Waals surface area contributed by atoms with E-state index in [2.05, 4.69) is 41.4 Å². The molecular formula is C18H28N2OS. The van der Waals surface area contributed by atoms with Crippen LogP contribution in [0.3, 0.4) is 0 Å². The van der Waals surface area contributed by atoms with Crippen molar-refractivity contribution in [1.82, 2.24) is 10.2 Å². The molecular weight excluding hydrogens is 292 g/mol. The second-order valence-electron chi connectivity index (χ2n) is 6.23. The van der Waals surface area contributed by atoms with Gasteiger partial charge < -0.3 is 10.2 Å². The zero-order valence-corrected chi connectivity index (χ0v) is 14.8. The summed E-state index contributed by atoms with van der Waals surface area (Å²) in [5, 5.41) is 3.21. The van der Waals surface area contributed by atoms with Crippen LogP contribution in [0.4, 0.5) is 0 Å². The minimum Gasteiger partial charge on any atom is -0.342 e. The van der Waals surface area contributed by atoms with Gasteiger partial charge in [-0.1, -0.05) is 17.7 Å². The molecule has 1 amide bonds. The fourth-order valence-corrected chi connectivity index (χ4v) is 3.87. The quantitative estimate of drug-likeness (QED) is 0.816. The molecule has 1 N–H and O–H groups in total. The Morgan fingerprint density at radius 3 is 2.55 bits per heavy atom. The van der Waals surface area contributed by atoms with Crippen molar-refractivity contribution in [3.05, 3.63) is 29.8 Å². The van der Waals surface area contributed by atoms with Crippen LogP contribution in [-0.4, -0.2) is 42.7 Å². The maximum Gasteiger partial charge on any atom is 0.235 e. The molecule has 1 aromatic carbocycles. The molecule has 1 unspecified atom stereocenters. The third-order valence-corrected chi connectivity index (χ3v) is 5.51. The standard InChI is InChI=1S/C18H28N2OS/c1-14-4-6-17(7-5-14)22-15(2)18(21)20-12-9-16(10-13-20)8-11-19-3/h4-7,15-16,19H,8-13H2,1-3H3. The summed E-state index contributed by atoms with van der Waals surface area (Å²) in [5.74, 6) is 1.06. The van der Waals surface area contributed by atoms with Crippen molar-refractivity contribution in [2.24, 2.45) is 5.92 Å². The van der Waals surface area contributed by atoms with Crippen LogP contribution in [-0.2, 0) is 4.79 Å². The number of nitrogens with one attached hydrogen (secondary N) is 1. The molecule has 0 radical (unpaired) electrons. The topological polar surface area (TPSA) is 32.3 Å². The molecule has 0 spiro atoms. The summed E-state index contributed by atoms with van der Waals surface area (Å²) in [6.07, 6.45) is 3.52. The lowest BCUT2D eigenvalue weighted by atomic mass is 9.93. The molecule has 0 aliphatic carbocycles. The number of carbonyl (C=O) groups excluding carboxylic acids is 1. The molecule has 1 aromatic rings.